The average Bonchev–Trinajstić information content (AvgIpc) is 3.08. The van der Waals surface area contributed by atoms with Gasteiger partial charge in [0.1, 0.15) is 0 Å². The van der Waals surface area contributed by atoms with Gasteiger partial charge in [0.2, 0.25) is 5.89 Å². The van der Waals surface area contributed by atoms with Crippen LogP contribution in [-0.2, 0) is 5.41 Å². The molecule has 4 nitrogen and oxygen atoms in total. The van der Waals surface area contributed by atoms with Crippen LogP contribution in [-0.4, -0.2) is 23.2 Å². The molecule has 3 atom stereocenters. The summed E-state index contributed by atoms with van der Waals surface area (Å²) in [6.45, 7) is 8.85. The Balaban J connectivity index is 1.84. The largest absolute Gasteiger partial charge is 0.339 e. The predicted molar refractivity (Wildman–Crippen MR) is 74.1 cm³/mol. The van der Waals surface area contributed by atoms with Crippen molar-refractivity contribution in [1.29, 1.82) is 0 Å². The SMILES string of the molecule is CC1CCC(c2noc(C3(C(C)C)CCNC3)n2)C1. The third kappa shape index (κ3) is 2.20. The highest BCUT2D eigenvalue weighted by molar-refractivity contribution is 5.13. The Morgan fingerprint density at radius 3 is 2.79 bits per heavy atom. The van der Waals surface area contributed by atoms with Crippen LogP contribution in [0.25, 0.3) is 0 Å². The van der Waals surface area contributed by atoms with Gasteiger partial charge in [0.25, 0.3) is 0 Å². The Morgan fingerprint density at radius 2 is 2.21 bits per heavy atom. The standard InChI is InChI=1S/C15H25N3O/c1-10(2)15(6-7-16-9-15)14-17-13(18-19-14)12-5-4-11(3)8-12/h10-12,16H,4-9H2,1-3H3. The van der Waals surface area contributed by atoms with Crippen molar-refractivity contribution in [3.05, 3.63) is 11.7 Å². The summed E-state index contributed by atoms with van der Waals surface area (Å²) < 4.78 is 5.66. The van der Waals surface area contributed by atoms with Crippen LogP contribution in [0.1, 0.15) is 64.1 Å². The smallest absolute Gasteiger partial charge is 0.234 e. The molecule has 1 saturated heterocycles. The Kier molecular flexibility index (Phi) is 3.37. The normalized spacial score (nSPS) is 35.4. The molecule has 1 aliphatic heterocycles. The zero-order valence-corrected chi connectivity index (χ0v) is 12.3. The first-order chi connectivity index (χ1) is 9.12. The fourth-order valence-electron chi connectivity index (χ4n) is 3.68. The quantitative estimate of drug-likeness (QED) is 0.911. The van der Waals surface area contributed by atoms with Gasteiger partial charge in [0, 0.05) is 12.5 Å². The number of rotatable bonds is 3. The Bertz CT molecular complexity index is 434. The lowest BCUT2D eigenvalue weighted by Crippen LogP contribution is -2.35. The molecular formula is C15H25N3O. The van der Waals surface area contributed by atoms with Crippen LogP contribution in [0.2, 0.25) is 0 Å². The molecule has 2 fully saturated rings. The predicted octanol–water partition coefficient (Wildman–Crippen LogP) is 2.86. The summed E-state index contributed by atoms with van der Waals surface area (Å²) in [4.78, 5) is 4.78. The fourth-order valence-corrected chi connectivity index (χ4v) is 3.68. The van der Waals surface area contributed by atoms with E-state index in [-0.39, 0.29) is 5.41 Å². The summed E-state index contributed by atoms with van der Waals surface area (Å²) in [6, 6.07) is 0. The molecule has 3 unspecified atom stereocenters. The minimum absolute atomic E-state index is 0.0511. The average molecular weight is 263 g/mol. The molecule has 0 aromatic carbocycles. The summed E-state index contributed by atoms with van der Waals surface area (Å²) in [5.41, 5.74) is 0.0511. The Labute approximate surface area is 115 Å². The molecule has 1 aromatic rings. The first-order valence-corrected chi connectivity index (χ1v) is 7.66. The van der Waals surface area contributed by atoms with Crippen molar-refractivity contribution in [3.63, 3.8) is 0 Å². The molecule has 0 spiro atoms. The first-order valence-electron chi connectivity index (χ1n) is 7.66. The van der Waals surface area contributed by atoms with Gasteiger partial charge < -0.3 is 9.84 Å². The van der Waals surface area contributed by atoms with Crippen LogP contribution in [0.5, 0.6) is 0 Å². The van der Waals surface area contributed by atoms with Crippen LogP contribution in [0, 0.1) is 11.8 Å². The van der Waals surface area contributed by atoms with E-state index in [1.165, 1.54) is 19.3 Å². The zero-order chi connectivity index (χ0) is 13.5. The van der Waals surface area contributed by atoms with Gasteiger partial charge in [-0.15, -0.1) is 0 Å². The Morgan fingerprint density at radius 1 is 1.37 bits per heavy atom. The van der Waals surface area contributed by atoms with Crippen molar-refractivity contribution in [2.24, 2.45) is 11.8 Å². The summed E-state index contributed by atoms with van der Waals surface area (Å²) in [7, 11) is 0. The molecule has 19 heavy (non-hydrogen) atoms. The molecule has 0 bridgehead atoms. The molecule has 2 aliphatic rings. The molecule has 1 aromatic heterocycles. The minimum Gasteiger partial charge on any atom is -0.339 e. The van der Waals surface area contributed by atoms with Crippen LogP contribution in [0.4, 0.5) is 0 Å². The number of hydrogen-bond donors (Lipinski definition) is 1. The second-order valence-corrected chi connectivity index (χ2v) is 6.81. The molecule has 2 heterocycles. The van der Waals surface area contributed by atoms with Crippen molar-refractivity contribution >= 4 is 0 Å². The van der Waals surface area contributed by atoms with Gasteiger partial charge in [0.05, 0.1) is 5.41 Å². The van der Waals surface area contributed by atoms with Gasteiger partial charge in [-0.05, 0) is 44.1 Å². The van der Waals surface area contributed by atoms with Gasteiger partial charge in [-0.1, -0.05) is 25.9 Å². The lowest BCUT2D eigenvalue weighted by atomic mass is 9.76. The molecule has 1 N–H and O–H groups in total. The molecule has 1 aliphatic carbocycles. The van der Waals surface area contributed by atoms with E-state index in [1.54, 1.807) is 0 Å². The topological polar surface area (TPSA) is 51.0 Å². The summed E-state index contributed by atoms with van der Waals surface area (Å²) in [5.74, 6) is 3.66. The number of nitrogens with zero attached hydrogens (tertiary/aromatic N) is 2. The van der Waals surface area contributed by atoms with E-state index in [1.807, 2.05) is 0 Å². The van der Waals surface area contributed by atoms with E-state index < -0.39 is 0 Å². The Hall–Kier alpha value is -0.900. The van der Waals surface area contributed by atoms with Gasteiger partial charge in [-0.3, -0.25) is 0 Å². The molecule has 106 valence electrons. The fraction of sp³-hybridized carbons (Fsp3) is 0.867. The van der Waals surface area contributed by atoms with Gasteiger partial charge >= 0.3 is 0 Å². The van der Waals surface area contributed by atoms with E-state index in [0.29, 0.717) is 11.8 Å². The van der Waals surface area contributed by atoms with Crippen LogP contribution in [0.3, 0.4) is 0 Å². The van der Waals surface area contributed by atoms with E-state index in [4.69, 9.17) is 9.51 Å². The van der Waals surface area contributed by atoms with Gasteiger partial charge in [-0.2, -0.15) is 4.98 Å². The van der Waals surface area contributed by atoms with Crippen molar-refractivity contribution < 1.29 is 4.52 Å². The minimum atomic E-state index is 0.0511. The second kappa shape index (κ2) is 4.89. The molecule has 3 rings (SSSR count). The monoisotopic (exact) mass is 263 g/mol. The van der Waals surface area contributed by atoms with Crippen molar-refractivity contribution in [1.82, 2.24) is 15.5 Å². The molecule has 4 heteroatoms. The van der Waals surface area contributed by atoms with E-state index in [0.717, 1.165) is 37.1 Å². The van der Waals surface area contributed by atoms with E-state index in [9.17, 15) is 0 Å². The maximum absolute atomic E-state index is 5.66. The number of aromatic nitrogens is 2. The van der Waals surface area contributed by atoms with Crippen LogP contribution < -0.4 is 5.32 Å². The van der Waals surface area contributed by atoms with Crippen molar-refractivity contribution in [3.8, 4) is 0 Å². The van der Waals surface area contributed by atoms with Crippen molar-refractivity contribution in [2.75, 3.05) is 13.1 Å². The zero-order valence-electron chi connectivity index (χ0n) is 12.3. The second-order valence-electron chi connectivity index (χ2n) is 6.81. The lowest BCUT2D eigenvalue weighted by molar-refractivity contribution is 0.233. The molecule has 0 amide bonds. The maximum Gasteiger partial charge on any atom is 0.234 e. The van der Waals surface area contributed by atoms with Crippen LogP contribution in [0.15, 0.2) is 4.52 Å². The lowest BCUT2D eigenvalue weighted by Gasteiger charge is -2.28. The summed E-state index contributed by atoms with van der Waals surface area (Å²) in [6.07, 6.45) is 4.83. The van der Waals surface area contributed by atoms with Crippen LogP contribution >= 0.6 is 0 Å². The highest BCUT2D eigenvalue weighted by Crippen LogP contribution is 2.40. The van der Waals surface area contributed by atoms with E-state index >= 15 is 0 Å². The molecule has 1 saturated carbocycles. The third-order valence-electron chi connectivity index (χ3n) is 5.22. The maximum atomic E-state index is 5.66. The molecular weight excluding hydrogens is 238 g/mol. The highest BCUT2D eigenvalue weighted by atomic mass is 16.5. The summed E-state index contributed by atoms with van der Waals surface area (Å²) in [5, 5.41) is 7.74. The third-order valence-corrected chi connectivity index (χ3v) is 5.22. The van der Waals surface area contributed by atoms with Crippen molar-refractivity contribution in [2.45, 2.75) is 57.8 Å². The van der Waals surface area contributed by atoms with E-state index in [2.05, 4.69) is 31.2 Å². The number of hydrogen-bond acceptors (Lipinski definition) is 4. The van der Waals surface area contributed by atoms with Gasteiger partial charge in [-0.25, -0.2) is 0 Å². The molecule has 0 radical (unpaired) electrons. The first kappa shape index (κ1) is 13.1. The summed E-state index contributed by atoms with van der Waals surface area (Å²) >= 11 is 0. The number of nitrogens with one attached hydrogen (secondary N) is 1. The van der Waals surface area contributed by atoms with Gasteiger partial charge in [0.15, 0.2) is 5.82 Å². The highest BCUT2D eigenvalue weighted by Gasteiger charge is 2.44.